The van der Waals surface area contributed by atoms with Crippen LogP contribution in [0.15, 0.2) is 109 Å². The van der Waals surface area contributed by atoms with Gasteiger partial charge in [0.05, 0.1) is 0 Å². The SMILES string of the molecule is NCc1ccc(CNC(=O)C(Cc2ccccc2)NC(=O)C(Cc2ccc(OCC(F)(F)F)cc2)NC(=O)c2ccccc2)cc1. The second-order valence-electron chi connectivity index (χ2n) is 10.6. The van der Waals surface area contributed by atoms with Crippen molar-refractivity contribution in [2.24, 2.45) is 5.73 Å². The fourth-order valence-corrected chi connectivity index (χ4v) is 4.60. The number of halogens is 3. The predicted molar refractivity (Wildman–Crippen MR) is 168 cm³/mol. The number of carbonyl (C=O) groups is 3. The van der Waals surface area contributed by atoms with E-state index in [4.69, 9.17) is 10.5 Å². The first-order valence-electron chi connectivity index (χ1n) is 14.6. The Kier molecular flexibility index (Phi) is 11.9. The highest BCUT2D eigenvalue weighted by atomic mass is 19.4. The number of hydrogen-bond acceptors (Lipinski definition) is 5. The van der Waals surface area contributed by atoms with E-state index in [1.165, 1.54) is 24.3 Å². The number of rotatable bonds is 14. The summed E-state index contributed by atoms with van der Waals surface area (Å²) in [5, 5.41) is 8.44. The van der Waals surface area contributed by atoms with Crippen LogP contribution < -0.4 is 26.4 Å². The van der Waals surface area contributed by atoms with Crippen molar-refractivity contribution in [3.8, 4) is 5.75 Å². The van der Waals surface area contributed by atoms with Crippen LogP contribution in [0.3, 0.4) is 0 Å². The molecule has 0 bridgehead atoms. The van der Waals surface area contributed by atoms with Crippen molar-refractivity contribution in [2.75, 3.05) is 6.61 Å². The van der Waals surface area contributed by atoms with E-state index in [9.17, 15) is 27.6 Å². The summed E-state index contributed by atoms with van der Waals surface area (Å²) in [6.45, 7) is -0.814. The van der Waals surface area contributed by atoms with Gasteiger partial charge in [0.25, 0.3) is 5.91 Å². The molecule has 0 fully saturated rings. The molecule has 0 aromatic heterocycles. The summed E-state index contributed by atoms with van der Waals surface area (Å²) in [6, 6.07) is 28.7. The molecule has 0 aliphatic heterocycles. The van der Waals surface area contributed by atoms with Gasteiger partial charge in [0, 0.05) is 31.5 Å². The van der Waals surface area contributed by atoms with Crippen LogP contribution in [0.25, 0.3) is 0 Å². The van der Waals surface area contributed by atoms with Gasteiger partial charge in [-0.25, -0.2) is 0 Å². The Labute approximate surface area is 265 Å². The first-order valence-corrected chi connectivity index (χ1v) is 14.6. The molecule has 4 aromatic rings. The van der Waals surface area contributed by atoms with E-state index in [-0.39, 0.29) is 25.1 Å². The Morgan fingerprint density at radius 2 is 1.17 bits per heavy atom. The highest BCUT2D eigenvalue weighted by Gasteiger charge is 2.29. The molecule has 0 saturated heterocycles. The molecule has 11 heteroatoms. The Hall–Kier alpha value is -5.16. The molecule has 0 saturated carbocycles. The van der Waals surface area contributed by atoms with Crippen molar-refractivity contribution in [3.63, 3.8) is 0 Å². The summed E-state index contributed by atoms with van der Waals surface area (Å²) in [6.07, 6.45) is -4.30. The number of alkyl halides is 3. The highest BCUT2D eigenvalue weighted by molar-refractivity contribution is 5.98. The summed E-state index contributed by atoms with van der Waals surface area (Å²) >= 11 is 0. The summed E-state index contributed by atoms with van der Waals surface area (Å²) < 4.78 is 42.5. The van der Waals surface area contributed by atoms with Gasteiger partial charge < -0.3 is 26.4 Å². The van der Waals surface area contributed by atoms with Gasteiger partial charge in [-0.05, 0) is 46.5 Å². The van der Waals surface area contributed by atoms with Crippen LogP contribution in [0.2, 0.25) is 0 Å². The molecule has 2 atom stereocenters. The number of nitrogens with one attached hydrogen (secondary N) is 3. The zero-order chi connectivity index (χ0) is 32.9. The van der Waals surface area contributed by atoms with Gasteiger partial charge in [0.2, 0.25) is 11.8 Å². The van der Waals surface area contributed by atoms with E-state index in [1.54, 1.807) is 30.3 Å². The number of amides is 3. The number of carbonyl (C=O) groups excluding carboxylic acids is 3. The van der Waals surface area contributed by atoms with Gasteiger partial charge in [-0.2, -0.15) is 13.2 Å². The van der Waals surface area contributed by atoms with Gasteiger partial charge in [0.1, 0.15) is 17.8 Å². The van der Waals surface area contributed by atoms with Crippen LogP contribution in [-0.2, 0) is 35.5 Å². The second kappa shape index (κ2) is 16.2. The van der Waals surface area contributed by atoms with Crippen molar-refractivity contribution in [1.82, 2.24) is 16.0 Å². The van der Waals surface area contributed by atoms with Crippen LogP contribution >= 0.6 is 0 Å². The second-order valence-corrected chi connectivity index (χ2v) is 10.6. The number of hydrogen-bond donors (Lipinski definition) is 4. The molecular weight excluding hydrogens is 597 g/mol. The van der Waals surface area contributed by atoms with Crippen LogP contribution in [0.1, 0.15) is 32.6 Å². The Morgan fingerprint density at radius 1 is 0.652 bits per heavy atom. The molecule has 3 amide bonds. The first kappa shape index (κ1) is 33.7. The van der Waals surface area contributed by atoms with Crippen LogP contribution in [0, 0.1) is 0 Å². The molecular formula is C35H35F3N4O4. The maximum Gasteiger partial charge on any atom is 0.422 e. The summed E-state index contributed by atoms with van der Waals surface area (Å²) in [7, 11) is 0. The third-order valence-corrected chi connectivity index (χ3v) is 7.06. The van der Waals surface area contributed by atoms with Crippen LogP contribution in [0.4, 0.5) is 13.2 Å². The molecule has 0 aliphatic carbocycles. The number of nitrogens with two attached hydrogens (primary N) is 1. The van der Waals surface area contributed by atoms with Crippen LogP contribution in [-0.4, -0.2) is 42.6 Å². The fourth-order valence-electron chi connectivity index (χ4n) is 4.60. The Balaban J connectivity index is 1.52. The van der Waals surface area contributed by atoms with Crippen molar-refractivity contribution in [2.45, 2.75) is 44.2 Å². The van der Waals surface area contributed by atoms with E-state index in [2.05, 4.69) is 16.0 Å². The third kappa shape index (κ3) is 10.8. The molecule has 0 spiro atoms. The first-order chi connectivity index (χ1) is 22.1. The maximum atomic E-state index is 13.8. The monoisotopic (exact) mass is 632 g/mol. The molecule has 0 radical (unpaired) electrons. The van der Waals surface area contributed by atoms with Crippen molar-refractivity contribution >= 4 is 17.7 Å². The van der Waals surface area contributed by atoms with Crippen molar-refractivity contribution in [1.29, 1.82) is 0 Å². The Bertz CT molecular complexity index is 1570. The minimum absolute atomic E-state index is 0.00285. The highest BCUT2D eigenvalue weighted by Crippen LogP contribution is 2.19. The van der Waals surface area contributed by atoms with E-state index in [0.717, 1.165) is 16.7 Å². The van der Waals surface area contributed by atoms with Gasteiger partial charge in [0.15, 0.2) is 6.61 Å². The summed E-state index contributed by atoms with van der Waals surface area (Å²) in [5.74, 6) is -1.52. The average molecular weight is 633 g/mol. The zero-order valence-electron chi connectivity index (χ0n) is 24.9. The van der Waals surface area contributed by atoms with Crippen LogP contribution in [0.5, 0.6) is 5.75 Å². The Morgan fingerprint density at radius 3 is 1.76 bits per heavy atom. The lowest BCUT2D eigenvalue weighted by Gasteiger charge is -2.24. The predicted octanol–water partition coefficient (Wildman–Crippen LogP) is 4.47. The van der Waals surface area contributed by atoms with Gasteiger partial charge in [-0.15, -0.1) is 0 Å². The smallest absolute Gasteiger partial charge is 0.422 e. The molecule has 5 N–H and O–H groups in total. The van der Waals surface area contributed by atoms with Crippen molar-refractivity contribution < 1.29 is 32.3 Å². The molecule has 2 unspecified atom stereocenters. The zero-order valence-corrected chi connectivity index (χ0v) is 24.9. The van der Waals surface area contributed by atoms with E-state index in [1.807, 2.05) is 54.6 Å². The molecule has 240 valence electrons. The molecule has 4 aromatic carbocycles. The average Bonchev–Trinajstić information content (AvgIpc) is 3.07. The van der Waals surface area contributed by atoms with Gasteiger partial charge in [-0.3, -0.25) is 14.4 Å². The minimum Gasteiger partial charge on any atom is -0.484 e. The molecule has 8 nitrogen and oxygen atoms in total. The minimum atomic E-state index is -4.48. The van der Waals surface area contributed by atoms with Gasteiger partial charge in [-0.1, -0.05) is 84.9 Å². The molecule has 0 heterocycles. The molecule has 0 aliphatic rings. The standard InChI is InChI=1S/C35H35F3N4O4/c36-35(37,38)23-46-29-17-15-25(16-18-29)20-31(41-32(43)28-9-5-2-6-10-28)34(45)42-30(19-24-7-3-1-4-8-24)33(44)40-22-27-13-11-26(21-39)12-14-27/h1-18,30-31H,19-23,39H2,(H,40,44)(H,41,43)(H,42,45). The quantitative estimate of drug-likeness (QED) is 0.164. The summed E-state index contributed by atoms with van der Waals surface area (Å²) in [4.78, 5) is 40.3. The van der Waals surface area contributed by atoms with E-state index in [0.29, 0.717) is 17.7 Å². The lowest BCUT2D eigenvalue weighted by Crippen LogP contribution is -2.55. The lowest BCUT2D eigenvalue weighted by molar-refractivity contribution is -0.153. The van der Waals surface area contributed by atoms with E-state index >= 15 is 0 Å². The normalized spacial score (nSPS) is 12.4. The van der Waals surface area contributed by atoms with Gasteiger partial charge >= 0.3 is 6.18 Å². The largest absolute Gasteiger partial charge is 0.484 e. The topological polar surface area (TPSA) is 123 Å². The van der Waals surface area contributed by atoms with E-state index < -0.39 is 42.6 Å². The third-order valence-electron chi connectivity index (χ3n) is 7.06. The maximum absolute atomic E-state index is 13.8. The molecule has 4 rings (SSSR count). The number of benzene rings is 4. The number of ether oxygens (including phenoxy) is 1. The summed E-state index contributed by atoms with van der Waals surface area (Å²) in [5.41, 5.74) is 9.18. The fraction of sp³-hybridized carbons (Fsp3) is 0.229. The lowest BCUT2D eigenvalue weighted by atomic mass is 10.0. The van der Waals surface area contributed by atoms with Crippen molar-refractivity contribution in [3.05, 3.63) is 137 Å². The molecule has 46 heavy (non-hydrogen) atoms.